The van der Waals surface area contributed by atoms with Crippen LogP contribution in [0.3, 0.4) is 0 Å². The summed E-state index contributed by atoms with van der Waals surface area (Å²) in [5.41, 5.74) is 3.53. The van der Waals surface area contributed by atoms with Gasteiger partial charge in [0.15, 0.2) is 0 Å². The van der Waals surface area contributed by atoms with Crippen LogP contribution in [0.25, 0.3) is 0 Å². The molecule has 0 saturated heterocycles. The molecule has 0 aliphatic rings. The predicted molar refractivity (Wildman–Crippen MR) is 87.1 cm³/mol. The van der Waals surface area contributed by atoms with Crippen LogP contribution in [0.15, 0.2) is 54.6 Å². The summed E-state index contributed by atoms with van der Waals surface area (Å²) >= 11 is 0. The van der Waals surface area contributed by atoms with Gasteiger partial charge in [0, 0.05) is 13.6 Å². The van der Waals surface area contributed by atoms with Crippen molar-refractivity contribution in [3.8, 4) is 0 Å². The van der Waals surface area contributed by atoms with Gasteiger partial charge >= 0.3 is 0 Å². The molecule has 0 N–H and O–H groups in total. The predicted octanol–water partition coefficient (Wildman–Crippen LogP) is 4.15. The zero-order chi connectivity index (χ0) is 15.2. The third-order valence-corrected chi connectivity index (χ3v) is 3.95. The van der Waals surface area contributed by atoms with Crippen LogP contribution in [0.1, 0.15) is 36.0 Å². The largest absolute Gasteiger partial charge is 0.341 e. The number of hydrogen-bond donors (Lipinski definition) is 0. The van der Waals surface area contributed by atoms with Gasteiger partial charge in [-0.05, 0) is 30.0 Å². The average molecular weight is 281 g/mol. The van der Waals surface area contributed by atoms with Gasteiger partial charge in [0.05, 0.1) is 5.92 Å². The van der Waals surface area contributed by atoms with E-state index in [-0.39, 0.29) is 11.8 Å². The lowest BCUT2D eigenvalue weighted by Crippen LogP contribution is -2.31. The Hall–Kier alpha value is -2.09. The van der Waals surface area contributed by atoms with Crippen molar-refractivity contribution in [2.24, 2.45) is 0 Å². The normalized spacial score (nSPS) is 12.0. The van der Waals surface area contributed by atoms with Gasteiger partial charge in [0.25, 0.3) is 0 Å². The van der Waals surface area contributed by atoms with Crippen molar-refractivity contribution in [1.82, 2.24) is 4.90 Å². The molecular formula is C19H23NO. The summed E-state index contributed by atoms with van der Waals surface area (Å²) in [6, 6.07) is 18.3. The fourth-order valence-electron chi connectivity index (χ4n) is 2.63. The fourth-order valence-corrected chi connectivity index (χ4v) is 2.63. The number of carbonyl (C=O) groups excluding carboxylic acids is 1. The summed E-state index contributed by atoms with van der Waals surface area (Å²) in [4.78, 5) is 14.6. The minimum absolute atomic E-state index is 0.0554. The summed E-state index contributed by atoms with van der Waals surface area (Å²) in [5, 5.41) is 0. The number of rotatable bonds is 5. The molecule has 0 aliphatic heterocycles. The lowest BCUT2D eigenvalue weighted by atomic mass is 9.95. The van der Waals surface area contributed by atoms with Crippen molar-refractivity contribution in [2.45, 2.75) is 32.7 Å². The van der Waals surface area contributed by atoms with Gasteiger partial charge in [-0.2, -0.15) is 0 Å². The van der Waals surface area contributed by atoms with Crippen LogP contribution in [0.2, 0.25) is 0 Å². The molecule has 2 heteroatoms. The van der Waals surface area contributed by atoms with Gasteiger partial charge in [-0.25, -0.2) is 0 Å². The third-order valence-electron chi connectivity index (χ3n) is 3.95. The van der Waals surface area contributed by atoms with Crippen molar-refractivity contribution in [1.29, 1.82) is 0 Å². The second kappa shape index (κ2) is 7.07. The second-order valence-corrected chi connectivity index (χ2v) is 5.49. The van der Waals surface area contributed by atoms with E-state index in [0.717, 1.165) is 12.0 Å². The molecule has 1 unspecified atom stereocenters. The van der Waals surface area contributed by atoms with Crippen LogP contribution >= 0.6 is 0 Å². The number of likely N-dealkylation sites (N-methyl/N-ethyl adjacent to an activating group) is 1. The van der Waals surface area contributed by atoms with Crippen molar-refractivity contribution in [3.63, 3.8) is 0 Å². The summed E-state index contributed by atoms with van der Waals surface area (Å²) in [7, 11) is 1.89. The molecule has 0 saturated carbocycles. The zero-order valence-corrected chi connectivity index (χ0v) is 13.0. The number of hydrogen-bond acceptors (Lipinski definition) is 1. The first-order valence-electron chi connectivity index (χ1n) is 7.48. The van der Waals surface area contributed by atoms with Gasteiger partial charge in [-0.1, -0.05) is 61.5 Å². The van der Waals surface area contributed by atoms with E-state index in [4.69, 9.17) is 0 Å². The topological polar surface area (TPSA) is 20.3 Å². The van der Waals surface area contributed by atoms with Crippen LogP contribution in [0.5, 0.6) is 0 Å². The molecule has 0 aliphatic carbocycles. The van der Waals surface area contributed by atoms with Crippen molar-refractivity contribution in [3.05, 3.63) is 71.3 Å². The Balaban J connectivity index is 2.13. The van der Waals surface area contributed by atoms with Gasteiger partial charge in [-0.15, -0.1) is 0 Å². The minimum atomic E-state index is -0.0554. The molecule has 0 radical (unpaired) electrons. The molecular weight excluding hydrogens is 258 g/mol. The second-order valence-electron chi connectivity index (χ2n) is 5.49. The van der Waals surface area contributed by atoms with E-state index in [1.807, 2.05) is 54.4 Å². The van der Waals surface area contributed by atoms with E-state index < -0.39 is 0 Å². The standard InChI is InChI=1S/C19H23NO/c1-4-18(16-11-6-5-7-12-16)19(21)20(3)14-17-13-9-8-10-15(17)2/h5-13,18H,4,14H2,1-3H3. The molecule has 0 aromatic heterocycles. The van der Waals surface area contributed by atoms with E-state index in [0.29, 0.717) is 6.54 Å². The minimum Gasteiger partial charge on any atom is -0.341 e. The van der Waals surface area contributed by atoms with Crippen LogP contribution in [0, 0.1) is 6.92 Å². The maximum atomic E-state index is 12.7. The van der Waals surface area contributed by atoms with E-state index in [9.17, 15) is 4.79 Å². The van der Waals surface area contributed by atoms with Gasteiger partial charge < -0.3 is 4.90 Å². The Morgan fingerprint density at radius 3 is 2.29 bits per heavy atom. The number of carbonyl (C=O) groups is 1. The Kier molecular flexibility index (Phi) is 5.15. The molecule has 21 heavy (non-hydrogen) atoms. The molecule has 1 atom stereocenters. The molecule has 0 heterocycles. The molecule has 1 amide bonds. The van der Waals surface area contributed by atoms with E-state index >= 15 is 0 Å². The first-order chi connectivity index (χ1) is 10.1. The van der Waals surface area contributed by atoms with Crippen molar-refractivity contribution in [2.75, 3.05) is 7.05 Å². The number of amides is 1. The summed E-state index contributed by atoms with van der Waals surface area (Å²) in [6.45, 7) is 4.81. The highest BCUT2D eigenvalue weighted by Gasteiger charge is 2.22. The molecule has 2 aromatic carbocycles. The third kappa shape index (κ3) is 3.72. The number of benzene rings is 2. The highest BCUT2D eigenvalue weighted by molar-refractivity contribution is 5.83. The highest BCUT2D eigenvalue weighted by Crippen LogP contribution is 2.22. The van der Waals surface area contributed by atoms with Gasteiger partial charge in [0.2, 0.25) is 5.91 Å². The van der Waals surface area contributed by atoms with Gasteiger partial charge in [0.1, 0.15) is 0 Å². The smallest absolute Gasteiger partial charge is 0.230 e. The SMILES string of the molecule is CCC(C(=O)N(C)Cc1ccccc1C)c1ccccc1. The van der Waals surface area contributed by atoms with Gasteiger partial charge in [-0.3, -0.25) is 4.79 Å². The Bertz CT molecular complexity index is 592. The monoisotopic (exact) mass is 281 g/mol. The number of aryl methyl sites for hydroxylation is 1. The highest BCUT2D eigenvalue weighted by atomic mass is 16.2. The molecule has 2 nitrogen and oxygen atoms in total. The number of nitrogens with zero attached hydrogens (tertiary/aromatic N) is 1. The van der Waals surface area contributed by atoms with Crippen molar-refractivity contribution >= 4 is 5.91 Å². The average Bonchev–Trinajstić information content (AvgIpc) is 2.51. The zero-order valence-electron chi connectivity index (χ0n) is 13.0. The molecule has 2 aromatic rings. The fraction of sp³-hybridized carbons (Fsp3) is 0.316. The maximum absolute atomic E-state index is 12.7. The van der Waals surface area contributed by atoms with E-state index in [2.05, 4.69) is 26.0 Å². The summed E-state index contributed by atoms with van der Waals surface area (Å²) in [5.74, 6) is 0.132. The van der Waals surface area contributed by atoms with Crippen LogP contribution < -0.4 is 0 Å². The molecule has 110 valence electrons. The lowest BCUT2D eigenvalue weighted by Gasteiger charge is -2.24. The maximum Gasteiger partial charge on any atom is 0.230 e. The first-order valence-corrected chi connectivity index (χ1v) is 7.48. The van der Waals surface area contributed by atoms with Crippen LogP contribution in [-0.2, 0) is 11.3 Å². The van der Waals surface area contributed by atoms with Crippen LogP contribution in [-0.4, -0.2) is 17.9 Å². The Morgan fingerprint density at radius 1 is 1.05 bits per heavy atom. The first kappa shape index (κ1) is 15.3. The van der Waals surface area contributed by atoms with E-state index in [1.54, 1.807) is 0 Å². The molecule has 0 spiro atoms. The molecule has 0 fully saturated rings. The Morgan fingerprint density at radius 2 is 1.67 bits per heavy atom. The van der Waals surface area contributed by atoms with Crippen LogP contribution in [0.4, 0.5) is 0 Å². The lowest BCUT2D eigenvalue weighted by molar-refractivity contribution is -0.132. The quantitative estimate of drug-likeness (QED) is 0.806. The molecule has 0 bridgehead atoms. The molecule has 2 rings (SSSR count). The van der Waals surface area contributed by atoms with E-state index in [1.165, 1.54) is 11.1 Å². The van der Waals surface area contributed by atoms with Crippen molar-refractivity contribution < 1.29 is 4.79 Å². The Labute approximate surface area is 127 Å². The summed E-state index contributed by atoms with van der Waals surface area (Å²) < 4.78 is 0. The summed E-state index contributed by atoms with van der Waals surface area (Å²) in [6.07, 6.45) is 0.820.